The van der Waals surface area contributed by atoms with E-state index in [9.17, 15) is 26.2 Å². The average Bonchev–Trinajstić information content (AvgIpc) is 3.86. The summed E-state index contributed by atoms with van der Waals surface area (Å²) in [6.45, 7) is 11.8. The molecule has 5 aliphatic heterocycles. The van der Waals surface area contributed by atoms with Crippen LogP contribution in [-0.4, -0.2) is 108 Å². The van der Waals surface area contributed by atoms with Crippen LogP contribution in [0.3, 0.4) is 0 Å². The Labute approximate surface area is 440 Å². The van der Waals surface area contributed by atoms with Gasteiger partial charge in [-0.2, -0.15) is 13.1 Å². The number of carbonyl (C=O) groups excluding carboxylic acids is 1. The number of sulfonamides is 1. The highest BCUT2D eigenvalue weighted by Crippen LogP contribution is 2.50. The van der Waals surface area contributed by atoms with Crippen LogP contribution in [-0.2, 0) is 82.7 Å². The number of ether oxygens (including phenoxy) is 5. The maximum Gasteiger partial charge on any atom is 0.309 e. The number of fused-ring (bicyclic) bond motifs is 5. The summed E-state index contributed by atoms with van der Waals surface area (Å²) in [4.78, 5) is 14.8. The molecule has 6 heterocycles. The zero-order chi connectivity index (χ0) is 52.0. The standard InChI is InChI=1S/C56H70N6O11S2/c1-35-12-15-43-42(16-13-36(2)47(43)28-35)37(3)56(63)72-33-40-32-62(59-58-40)22-23-69-24-25-70-26-27-71-34-57-74(64,65)41-14-17-44(50(31-41)75(66,67)68)51-48-29-38-8-4-18-60-20-6-10-45(52(38)60)54(48)73-55-46-11-7-21-61-19-5-9-39(53(46)61)30-49(51)55/h14,17,28-32,36-37,42-43,47,57H,4-13,15-16,18-27,33-34H2,1-3H3/p+1/t36-,37-,42+,43-,47+/m0/s1. The van der Waals surface area contributed by atoms with Gasteiger partial charge in [0.25, 0.3) is 10.1 Å². The second-order valence-electron chi connectivity index (χ2n) is 21.8. The molecule has 2 N–H and O–H groups in total. The first-order valence-electron chi connectivity index (χ1n) is 27.2. The van der Waals surface area contributed by atoms with Crippen molar-refractivity contribution in [1.82, 2.24) is 24.3 Å². The smallest absolute Gasteiger partial charge is 0.309 e. The first-order chi connectivity index (χ1) is 36.2. The van der Waals surface area contributed by atoms with E-state index in [1.165, 1.54) is 39.9 Å². The molecule has 4 aromatic rings. The summed E-state index contributed by atoms with van der Waals surface area (Å²) in [5, 5.41) is 10.3. The molecule has 1 fully saturated rings. The number of esters is 1. The lowest BCUT2D eigenvalue weighted by molar-refractivity contribution is -0.153. The molecule has 75 heavy (non-hydrogen) atoms. The van der Waals surface area contributed by atoms with Gasteiger partial charge in [-0.1, -0.05) is 36.8 Å². The highest BCUT2D eigenvalue weighted by Gasteiger charge is 2.43. The number of nitrogens with one attached hydrogen (secondary N) is 1. The fourth-order valence-electron chi connectivity index (χ4n) is 13.4. The molecule has 2 aliphatic carbocycles. The van der Waals surface area contributed by atoms with Crippen molar-refractivity contribution in [2.75, 3.05) is 70.8 Å². The first kappa shape index (κ1) is 52.1. The van der Waals surface area contributed by atoms with Crippen LogP contribution in [0.1, 0.15) is 111 Å². The average molecular weight is 1070 g/mol. The summed E-state index contributed by atoms with van der Waals surface area (Å²) in [5.41, 5.74) is 9.46. The first-order valence-corrected chi connectivity index (χ1v) is 30.2. The number of allylic oxidation sites excluding steroid dienone is 2. The van der Waals surface area contributed by atoms with E-state index >= 15 is 0 Å². The minimum absolute atomic E-state index is 0.0728. The Balaban J connectivity index is 0.679. The van der Waals surface area contributed by atoms with Crippen molar-refractivity contribution in [2.24, 2.45) is 29.6 Å². The molecule has 11 rings (SSSR count). The number of benzene rings is 3. The summed E-state index contributed by atoms with van der Waals surface area (Å²) in [6, 6.07) is 8.19. The summed E-state index contributed by atoms with van der Waals surface area (Å²) in [6.07, 6.45) is 16.0. The van der Waals surface area contributed by atoms with Crippen molar-refractivity contribution in [3.8, 4) is 11.5 Å². The third kappa shape index (κ3) is 10.6. The zero-order valence-corrected chi connectivity index (χ0v) is 45.1. The van der Waals surface area contributed by atoms with E-state index in [-0.39, 0.29) is 48.8 Å². The van der Waals surface area contributed by atoms with Gasteiger partial charge in [0.2, 0.25) is 15.4 Å². The lowest BCUT2D eigenvalue weighted by Gasteiger charge is -2.45. The van der Waals surface area contributed by atoms with Gasteiger partial charge in [-0.25, -0.2) is 17.7 Å². The van der Waals surface area contributed by atoms with Gasteiger partial charge in [0.15, 0.2) is 0 Å². The number of aryl methyl sites for hydroxylation is 2. The molecule has 3 aromatic carbocycles. The summed E-state index contributed by atoms with van der Waals surface area (Å²) >= 11 is 0. The number of nitrogens with zero attached hydrogens (tertiary/aromatic N) is 5. The SMILES string of the molecule is CC1=C[C@H]2[C@@H](CC1)[C@@H]([C@H](C)C(=O)OCc1cn(CCOCCOCCOCNS(=O)(=O)c3ccc(C4=c5cc6c7c(c5Oc5c4cc4c8c5CCCN8CCC4)CCC[N+]=7CCC6)c(S(=O)(=O)O)c3)nn1)CC[C@@H]2C. The third-order valence-electron chi connectivity index (χ3n) is 17.0. The summed E-state index contributed by atoms with van der Waals surface area (Å²) in [5.74, 6) is 3.13. The number of carbonyl (C=O) groups is 1. The predicted octanol–water partition coefficient (Wildman–Crippen LogP) is 5.64. The molecule has 17 nitrogen and oxygen atoms in total. The second kappa shape index (κ2) is 21.8. The molecule has 1 saturated carbocycles. The van der Waals surface area contributed by atoms with E-state index < -0.39 is 31.8 Å². The minimum atomic E-state index is -4.96. The highest BCUT2D eigenvalue weighted by molar-refractivity contribution is 7.89. The maximum absolute atomic E-state index is 13.7. The molecular formula is C56H71N6O11S2+. The Morgan fingerprint density at radius 3 is 2.43 bits per heavy atom. The third-order valence-corrected chi connectivity index (χ3v) is 19.3. The van der Waals surface area contributed by atoms with Crippen LogP contribution in [0, 0.1) is 29.6 Å². The van der Waals surface area contributed by atoms with E-state index in [2.05, 4.69) is 56.6 Å². The van der Waals surface area contributed by atoms with Crippen LogP contribution in [0.25, 0.3) is 5.57 Å². The predicted molar refractivity (Wildman–Crippen MR) is 280 cm³/mol. The molecule has 402 valence electrons. The summed E-state index contributed by atoms with van der Waals surface area (Å²) < 4.78 is 101. The van der Waals surface area contributed by atoms with Crippen molar-refractivity contribution in [2.45, 2.75) is 121 Å². The van der Waals surface area contributed by atoms with Crippen LogP contribution in [0.4, 0.5) is 5.69 Å². The van der Waals surface area contributed by atoms with Crippen molar-refractivity contribution >= 4 is 37.4 Å². The van der Waals surface area contributed by atoms with E-state index in [1.54, 1.807) is 10.9 Å². The minimum Gasteiger partial charge on any atom is -0.459 e. The normalized spacial score (nSPS) is 22.2. The van der Waals surface area contributed by atoms with Crippen LogP contribution < -0.4 is 29.5 Å². The van der Waals surface area contributed by atoms with Gasteiger partial charge in [-0.15, -0.1) is 5.10 Å². The van der Waals surface area contributed by atoms with E-state index in [1.807, 2.05) is 6.92 Å². The fraction of sp³-hybridized carbons (Fsp3) is 0.571. The van der Waals surface area contributed by atoms with Crippen LogP contribution in [0.2, 0.25) is 0 Å². The Morgan fingerprint density at radius 1 is 0.867 bits per heavy atom. The number of anilines is 1. The van der Waals surface area contributed by atoms with E-state index in [0.29, 0.717) is 66.2 Å². The van der Waals surface area contributed by atoms with Gasteiger partial charge in [0.05, 0.1) is 62.2 Å². The number of hydrogen-bond donors (Lipinski definition) is 2. The highest BCUT2D eigenvalue weighted by atomic mass is 32.2. The molecule has 5 atom stereocenters. The molecular weight excluding hydrogens is 997 g/mol. The van der Waals surface area contributed by atoms with Gasteiger partial charge in [0, 0.05) is 64.7 Å². The largest absolute Gasteiger partial charge is 0.459 e. The quantitative estimate of drug-likeness (QED) is 0.0257. The number of aromatic nitrogens is 3. The summed E-state index contributed by atoms with van der Waals surface area (Å²) in [7, 11) is -9.25. The van der Waals surface area contributed by atoms with Crippen molar-refractivity contribution in [1.29, 1.82) is 0 Å². The van der Waals surface area contributed by atoms with Crippen LogP contribution in [0.5, 0.6) is 11.5 Å². The van der Waals surface area contributed by atoms with Gasteiger partial charge in [-0.3, -0.25) is 9.35 Å². The lowest BCUT2D eigenvalue weighted by atomic mass is 9.60. The van der Waals surface area contributed by atoms with Crippen molar-refractivity contribution in [3.05, 3.63) is 97.8 Å². The molecule has 0 amide bonds. The molecule has 7 aliphatic rings. The molecule has 0 bridgehead atoms. The molecule has 0 spiro atoms. The fourth-order valence-corrected chi connectivity index (χ4v) is 15.1. The Kier molecular flexibility index (Phi) is 15.1. The topological polar surface area (TPSA) is 201 Å². The van der Waals surface area contributed by atoms with Crippen LogP contribution in [0.15, 0.2) is 58.0 Å². The van der Waals surface area contributed by atoms with Crippen molar-refractivity contribution in [3.63, 3.8) is 0 Å². The lowest BCUT2D eigenvalue weighted by Crippen LogP contribution is -2.45. The second-order valence-corrected chi connectivity index (χ2v) is 24.9. The zero-order valence-electron chi connectivity index (χ0n) is 43.5. The van der Waals surface area contributed by atoms with Gasteiger partial charge in [0.1, 0.15) is 48.5 Å². The monoisotopic (exact) mass is 1070 g/mol. The van der Waals surface area contributed by atoms with E-state index in [0.717, 1.165) is 131 Å². The van der Waals surface area contributed by atoms with Gasteiger partial charge in [-0.05, 0) is 125 Å². The Bertz CT molecular complexity index is 3260. The van der Waals surface area contributed by atoms with Gasteiger partial charge >= 0.3 is 5.97 Å². The molecule has 1 aromatic heterocycles. The maximum atomic E-state index is 13.7. The number of hydrogen-bond acceptors (Lipinski definition) is 13. The Morgan fingerprint density at radius 2 is 1.61 bits per heavy atom. The van der Waals surface area contributed by atoms with E-state index in [4.69, 9.17) is 23.7 Å². The van der Waals surface area contributed by atoms with Gasteiger partial charge < -0.3 is 28.6 Å². The molecule has 19 heteroatoms. The molecule has 0 unspecified atom stereocenters. The van der Waals surface area contributed by atoms with Crippen LogP contribution >= 0.6 is 0 Å². The molecule has 0 saturated heterocycles. The molecule has 0 radical (unpaired) electrons. The van der Waals surface area contributed by atoms with Crippen molar-refractivity contribution < 1.29 is 49.9 Å². The number of rotatable bonds is 19. The Hall–Kier alpha value is -5.02.